The minimum absolute atomic E-state index is 0.0841. The molecule has 0 unspecified atom stereocenters. The first-order valence-electron chi connectivity index (χ1n) is 7.90. The zero-order valence-electron chi connectivity index (χ0n) is 13.8. The van der Waals surface area contributed by atoms with Gasteiger partial charge < -0.3 is 10.1 Å². The molecule has 7 nitrogen and oxygen atoms in total. The van der Waals surface area contributed by atoms with Gasteiger partial charge >= 0.3 is 11.7 Å². The molecule has 0 radical (unpaired) electrons. The van der Waals surface area contributed by atoms with E-state index in [1.807, 2.05) is 0 Å². The predicted octanol–water partition coefficient (Wildman–Crippen LogP) is 3.69. The van der Waals surface area contributed by atoms with Crippen molar-refractivity contribution < 1.29 is 14.5 Å². The van der Waals surface area contributed by atoms with Crippen molar-refractivity contribution in [2.45, 2.75) is 64.5 Å². The van der Waals surface area contributed by atoms with Gasteiger partial charge in [0, 0.05) is 18.3 Å². The van der Waals surface area contributed by atoms with Crippen molar-refractivity contribution in [1.82, 2.24) is 4.98 Å². The molecule has 1 aliphatic carbocycles. The van der Waals surface area contributed by atoms with Crippen molar-refractivity contribution in [3.8, 4) is 0 Å². The van der Waals surface area contributed by atoms with Crippen LogP contribution in [0.5, 0.6) is 0 Å². The second-order valence-electron chi connectivity index (χ2n) is 6.83. The number of ether oxygens (including phenoxy) is 1. The van der Waals surface area contributed by atoms with E-state index in [9.17, 15) is 14.9 Å². The molecule has 0 saturated heterocycles. The van der Waals surface area contributed by atoms with Crippen LogP contribution < -0.4 is 5.32 Å². The zero-order valence-corrected chi connectivity index (χ0v) is 13.8. The van der Waals surface area contributed by atoms with Crippen LogP contribution in [0, 0.1) is 10.1 Å². The standard InChI is InChI=1S/C16H23N3O4/c1-16(2,3)23-15(20)11-9-13(19(21)22)14(17-10-11)18-12-7-5-4-6-8-12/h9-10,12H,4-8H2,1-3H3,(H,17,18). The number of carbonyl (C=O) groups is 1. The SMILES string of the molecule is CC(C)(C)OC(=O)c1cnc(NC2CCCCC2)c([N+](=O)[O-])c1. The lowest BCUT2D eigenvalue weighted by Crippen LogP contribution is -2.25. The topological polar surface area (TPSA) is 94.4 Å². The molecule has 126 valence electrons. The van der Waals surface area contributed by atoms with Crippen LogP contribution in [0.3, 0.4) is 0 Å². The first kappa shape index (κ1) is 17.2. The normalized spacial score (nSPS) is 16.0. The summed E-state index contributed by atoms with van der Waals surface area (Å²) in [7, 11) is 0. The highest BCUT2D eigenvalue weighted by Gasteiger charge is 2.24. The lowest BCUT2D eigenvalue weighted by molar-refractivity contribution is -0.384. The maximum Gasteiger partial charge on any atom is 0.340 e. The van der Waals surface area contributed by atoms with E-state index in [2.05, 4.69) is 10.3 Å². The third-order valence-corrected chi connectivity index (χ3v) is 3.64. The van der Waals surface area contributed by atoms with E-state index < -0.39 is 16.5 Å². The van der Waals surface area contributed by atoms with Gasteiger partial charge in [-0.05, 0) is 33.6 Å². The van der Waals surface area contributed by atoms with Crippen molar-refractivity contribution in [3.05, 3.63) is 27.9 Å². The molecule has 1 aliphatic rings. The average Bonchev–Trinajstić information content (AvgIpc) is 2.46. The molecule has 0 atom stereocenters. The second-order valence-corrected chi connectivity index (χ2v) is 6.83. The lowest BCUT2D eigenvalue weighted by atomic mass is 9.95. The molecular formula is C16H23N3O4. The molecule has 0 aromatic carbocycles. The Morgan fingerprint density at radius 1 is 1.35 bits per heavy atom. The van der Waals surface area contributed by atoms with Gasteiger partial charge in [0.05, 0.1) is 10.5 Å². The Balaban J connectivity index is 2.20. The molecule has 0 amide bonds. The monoisotopic (exact) mass is 321 g/mol. The number of nitro groups is 1. The van der Waals surface area contributed by atoms with Gasteiger partial charge in [-0.1, -0.05) is 19.3 Å². The third kappa shape index (κ3) is 4.91. The molecule has 0 spiro atoms. The summed E-state index contributed by atoms with van der Waals surface area (Å²) in [5.74, 6) is -0.397. The third-order valence-electron chi connectivity index (χ3n) is 3.64. The highest BCUT2D eigenvalue weighted by Crippen LogP contribution is 2.28. The van der Waals surface area contributed by atoms with Gasteiger partial charge in [-0.15, -0.1) is 0 Å². The number of hydrogen-bond acceptors (Lipinski definition) is 6. The van der Waals surface area contributed by atoms with Crippen LogP contribution in [0.15, 0.2) is 12.3 Å². The van der Waals surface area contributed by atoms with Crippen molar-refractivity contribution in [2.24, 2.45) is 0 Å². The van der Waals surface area contributed by atoms with Crippen molar-refractivity contribution in [2.75, 3.05) is 5.32 Å². The molecule has 23 heavy (non-hydrogen) atoms. The summed E-state index contributed by atoms with van der Waals surface area (Å²) in [5, 5.41) is 14.4. The van der Waals surface area contributed by atoms with Crippen molar-refractivity contribution in [3.63, 3.8) is 0 Å². The Hall–Kier alpha value is -2.18. The van der Waals surface area contributed by atoms with E-state index in [4.69, 9.17) is 4.74 Å². The number of anilines is 1. The lowest BCUT2D eigenvalue weighted by Gasteiger charge is -2.23. The summed E-state index contributed by atoms with van der Waals surface area (Å²) in [6.45, 7) is 5.23. The van der Waals surface area contributed by atoms with E-state index >= 15 is 0 Å². The van der Waals surface area contributed by atoms with Gasteiger partial charge in [0.1, 0.15) is 5.60 Å². The van der Waals surface area contributed by atoms with E-state index in [0.717, 1.165) is 25.7 Å². The molecule has 1 aromatic rings. The summed E-state index contributed by atoms with van der Waals surface area (Å²) in [6, 6.07) is 1.43. The number of nitrogens with zero attached hydrogens (tertiary/aromatic N) is 2. The van der Waals surface area contributed by atoms with E-state index in [0.29, 0.717) is 0 Å². The average molecular weight is 321 g/mol. The van der Waals surface area contributed by atoms with Crippen LogP contribution >= 0.6 is 0 Å². The van der Waals surface area contributed by atoms with E-state index in [-0.39, 0.29) is 23.1 Å². The highest BCUT2D eigenvalue weighted by molar-refractivity contribution is 5.90. The number of esters is 1. The Morgan fingerprint density at radius 3 is 2.57 bits per heavy atom. The first-order chi connectivity index (χ1) is 10.8. The Labute approximate surface area is 135 Å². The van der Waals surface area contributed by atoms with Crippen LogP contribution in [-0.4, -0.2) is 27.5 Å². The minimum Gasteiger partial charge on any atom is -0.456 e. The number of aromatic nitrogens is 1. The van der Waals surface area contributed by atoms with Crippen LogP contribution in [0.1, 0.15) is 63.2 Å². The Kier molecular flexibility index (Phi) is 5.18. The molecule has 1 saturated carbocycles. The first-order valence-corrected chi connectivity index (χ1v) is 7.90. The molecule has 1 N–H and O–H groups in total. The van der Waals surface area contributed by atoms with Crippen LogP contribution in [0.25, 0.3) is 0 Å². The maximum absolute atomic E-state index is 12.0. The molecule has 7 heteroatoms. The molecule has 1 fully saturated rings. The second kappa shape index (κ2) is 6.93. The molecule has 0 bridgehead atoms. The van der Waals surface area contributed by atoms with Gasteiger partial charge in [-0.2, -0.15) is 0 Å². The molecule has 1 aromatic heterocycles. The van der Waals surface area contributed by atoms with Crippen molar-refractivity contribution in [1.29, 1.82) is 0 Å². The Bertz CT molecular complexity index is 589. The van der Waals surface area contributed by atoms with Crippen LogP contribution in [0.2, 0.25) is 0 Å². The fraction of sp³-hybridized carbons (Fsp3) is 0.625. The van der Waals surface area contributed by atoms with Gasteiger partial charge in [-0.25, -0.2) is 9.78 Å². The number of rotatable bonds is 4. The van der Waals surface area contributed by atoms with Crippen LogP contribution in [-0.2, 0) is 4.74 Å². The number of nitrogens with one attached hydrogen (secondary N) is 1. The van der Waals surface area contributed by atoms with E-state index in [1.165, 1.54) is 18.7 Å². The quantitative estimate of drug-likeness (QED) is 0.516. The summed E-state index contributed by atoms with van der Waals surface area (Å²) in [4.78, 5) is 26.9. The maximum atomic E-state index is 12.0. The fourth-order valence-electron chi connectivity index (χ4n) is 2.59. The Morgan fingerprint density at radius 2 is 2.00 bits per heavy atom. The summed E-state index contributed by atoms with van der Waals surface area (Å²) >= 11 is 0. The smallest absolute Gasteiger partial charge is 0.340 e. The number of carbonyl (C=O) groups excluding carboxylic acids is 1. The summed E-state index contributed by atoms with van der Waals surface area (Å²) < 4.78 is 5.23. The van der Waals surface area contributed by atoms with Gasteiger partial charge in [0.2, 0.25) is 5.82 Å². The largest absolute Gasteiger partial charge is 0.456 e. The number of hydrogen-bond donors (Lipinski definition) is 1. The van der Waals surface area contributed by atoms with Gasteiger partial charge in [-0.3, -0.25) is 10.1 Å². The summed E-state index contributed by atoms with van der Waals surface area (Å²) in [6.07, 6.45) is 6.71. The minimum atomic E-state index is -0.662. The summed E-state index contributed by atoms with van der Waals surface area (Å²) in [5.41, 5.74) is -0.773. The molecule has 0 aliphatic heterocycles. The highest BCUT2D eigenvalue weighted by atomic mass is 16.6. The van der Waals surface area contributed by atoms with Crippen molar-refractivity contribution >= 4 is 17.5 Å². The van der Waals surface area contributed by atoms with E-state index in [1.54, 1.807) is 20.8 Å². The molecular weight excluding hydrogens is 298 g/mol. The zero-order chi connectivity index (χ0) is 17.0. The molecule has 2 rings (SSSR count). The molecule has 1 heterocycles. The van der Waals surface area contributed by atoms with Gasteiger partial charge in [0.25, 0.3) is 0 Å². The number of pyridine rings is 1. The fourth-order valence-corrected chi connectivity index (χ4v) is 2.59. The van der Waals surface area contributed by atoms with Crippen LogP contribution in [0.4, 0.5) is 11.5 Å². The van der Waals surface area contributed by atoms with Gasteiger partial charge in [0.15, 0.2) is 0 Å². The predicted molar refractivity (Wildman–Crippen MR) is 86.6 cm³/mol.